The molecule has 5 heteroatoms. The first-order chi connectivity index (χ1) is 11.7. The van der Waals surface area contributed by atoms with E-state index in [1.807, 2.05) is 36.1 Å². The second kappa shape index (κ2) is 7.51. The summed E-state index contributed by atoms with van der Waals surface area (Å²) < 4.78 is 10.5. The van der Waals surface area contributed by atoms with Crippen molar-refractivity contribution in [3.63, 3.8) is 0 Å². The zero-order valence-electron chi connectivity index (χ0n) is 14.3. The second-order valence-corrected chi connectivity index (χ2v) is 6.47. The molecule has 128 valence electrons. The zero-order chi connectivity index (χ0) is 16.9. The molecule has 0 N–H and O–H groups in total. The largest absolute Gasteiger partial charge is 0.496 e. The molecule has 0 spiro atoms. The van der Waals surface area contributed by atoms with E-state index in [0.717, 1.165) is 43.9 Å². The van der Waals surface area contributed by atoms with Crippen LogP contribution in [0.1, 0.15) is 29.9 Å². The van der Waals surface area contributed by atoms with Crippen LogP contribution in [0.2, 0.25) is 0 Å². The molecule has 1 aliphatic rings. The van der Waals surface area contributed by atoms with E-state index in [0.29, 0.717) is 18.0 Å². The summed E-state index contributed by atoms with van der Waals surface area (Å²) in [7, 11) is 1.70. The third kappa shape index (κ3) is 3.96. The van der Waals surface area contributed by atoms with Crippen LogP contribution in [-0.4, -0.2) is 36.2 Å². The van der Waals surface area contributed by atoms with Crippen molar-refractivity contribution in [3.05, 3.63) is 47.3 Å². The van der Waals surface area contributed by atoms with Crippen molar-refractivity contribution in [2.75, 3.05) is 20.2 Å². The fourth-order valence-electron chi connectivity index (χ4n) is 3.41. The number of nitrogens with zero attached hydrogens (tertiary/aromatic N) is 2. The maximum Gasteiger partial charge on any atom is 0.228 e. The Balaban J connectivity index is 1.60. The van der Waals surface area contributed by atoms with Crippen LogP contribution in [0.25, 0.3) is 0 Å². The normalized spacial score (nSPS) is 17.8. The van der Waals surface area contributed by atoms with E-state index in [2.05, 4.69) is 11.2 Å². The molecule has 24 heavy (non-hydrogen) atoms. The predicted octanol–water partition coefficient (Wildman–Crippen LogP) is 3.02. The highest BCUT2D eigenvalue weighted by Gasteiger charge is 2.25. The van der Waals surface area contributed by atoms with Gasteiger partial charge < -0.3 is 14.2 Å². The van der Waals surface area contributed by atoms with Gasteiger partial charge in [0, 0.05) is 19.2 Å². The van der Waals surface area contributed by atoms with Crippen molar-refractivity contribution < 1.29 is 14.1 Å². The number of hydrogen-bond donors (Lipinski definition) is 0. The lowest BCUT2D eigenvalue weighted by molar-refractivity contribution is -0.132. The number of aryl methyl sites for hydroxylation is 1. The number of rotatable bonds is 5. The number of amides is 1. The van der Waals surface area contributed by atoms with Crippen LogP contribution in [0.3, 0.4) is 0 Å². The van der Waals surface area contributed by atoms with Gasteiger partial charge in [0.15, 0.2) is 0 Å². The van der Waals surface area contributed by atoms with E-state index >= 15 is 0 Å². The van der Waals surface area contributed by atoms with E-state index in [1.165, 1.54) is 5.56 Å². The number of piperidine rings is 1. The van der Waals surface area contributed by atoms with Gasteiger partial charge in [0.1, 0.15) is 11.5 Å². The Bertz CT molecular complexity index is 695. The molecule has 1 fully saturated rings. The molecule has 1 aromatic heterocycles. The fourth-order valence-corrected chi connectivity index (χ4v) is 3.41. The van der Waals surface area contributed by atoms with Crippen molar-refractivity contribution in [2.45, 2.75) is 32.6 Å². The summed E-state index contributed by atoms with van der Waals surface area (Å²) >= 11 is 0. The SMILES string of the molecule is COc1ccccc1C[C@H]1CCCN(C(=O)Cc2cc(C)on2)C1. The van der Waals surface area contributed by atoms with E-state index < -0.39 is 0 Å². The molecule has 2 heterocycles. The maximum atomic E-state index is 12.5. The van der Waals surface area contributed by atoms with Crippen LogP contribution in [0, 0.1) is 12.8 Å². The minimum atomic E-state index is 0.132. The third-order valence-corrected chi connectivity index (χ3v) is 4.58. The summed E-state index contributed by atoms with van der Waals surface area (Å²) in [5.41, 5.74) is 1.93. The summed E-state index contributed by atoms with van der Waals surface area (Å²) in [5, 5.41) is 3.92. The smallest absolute Gasteiger partial charge is 0.228 e. The third-order valence-electron chi connectivity index (χ3n) is 4.58. The second-order valence-electron chi connectivity index (χ2n) is 6.47. The minimum absolute atomic E-state index is 0.132. The molecular formula is C19H24N2O3. The summed E-state index contributed by atoms with van der Waals surface area (Å²) in [6.07, 6.45) is 3.45. The molecule has 1 saturated heterocycles. The lowest BCUT2D eigenvalue weighted by Gasteiger charge is -2.33. The van der Waals surface area contributed by atoms with Crippen molar-refractivity contribution in [1.29, 1.82) is 0 Å². The Hall–Kier alpha value is -2.30. The van der Waals surface area contributed by atoms with Crippen LogP contribution in [0.4, 0.5) is 0 Å². The number of aromatic nitrogens is 1. The summed E-state index contributed by atoms with van der Waals surface area (Å²) in [4.78, 5) is 14.5. The van der Waals surface area contributed by atoms with Gasteiger partial charge in [0.25, 0.3) is 0 Å². The number of carbonyl (C=O) groups excluding carboxylic acids is 1. The number of ether oxygens (including phenoxy) is 1. The van der Waals surface area contributed by atoms with Crippen LogP contribution in [0.5, 0.6) is 5.75 Å². The maximum absolute atomic E-state index is 12.5. The van der Waals surface area contributed by atoms with Gasteiger partial charge in [-0.3, -0.25) is 4.79 Å². The molecule has 1 atom stereocenters. The Kier molecular flexibility index (Phi) is 5.18. The Labute approximate surface area is 142 Å². The van der Waals surface area contributed by atoms with E-state index in [-0.39, 0.29) is 5.91 Å². The van der Waals surface area contributed by atoms with Crippen molar-refractivity contribution in [1.82, 2.24) is 10.1 Å². The standard InChI is InChI=1S/C19H24N2O3/c1-14-10-17(20-24-14)12-19(22)21-9-5-6-15(13-21)11-16-7-3-4-8-18(16)23-2/h3-4,7-8,10,15H,5-6,9,11-13H2,1-2H3/t15-/m1/s1. The minimum Gasteiger partial charge on any atom is -0.496 e. The van der Waals surface area contributed by atoms with Crippen molar-refractivity contribution in [3.8, 4) is 5.75 Å². The van der Waals surface area contributed by atoms with E-state index in [4.69, 9.17) is 9.26 Å². The molecule has 0 unspecified atom stereocenters. The Morgan fingerprint density at radius 1 is 1.42 bits per heavy atom. The van der Waals surface area contributed by atoms with E-state index in [1.54, 1.807) is 7.11 Å². The number of likely N-dealkylation sites (tertiary alicyclic amines) is 1. The zero-order valence-corrected chi connectivity index (χ0v) is 14.3. The number of hydrogen-bond acceptors (Lipinski definition) is 4. The topological polar surface area (TPSA) is 55.6 Å². The van der Waals surface area contributed by atoms with Gasteiger partial charge in [-0.2, -0.15) is 0 Å². The van der Waals surface area contributed by atoms with Gasteiger partial charge in [-0.15, -0.1) is 0 Å². The number of carbonyl (C=O) groups is 1. The molecule has 1 aromatic carbocycles. The van der Waals surface area contributed by atoms with Crippen molar-refractivity contribution >= 4 is 5.91 Å². The molecule has 0 aliphatic carbocycles. The van der Waals surface area contributed by atoms with Gasteiger partial charge in [-0.05, 0) is 43.7 Å². The number of methoxy groups -OCH3 is 1. The highest BCUT2D eigenvalue weighted by atomic mass is 16.5. The first kappa shape index (κ1) is 16.6. The summed E-state index contributed by atoms with van der Waals surface area (Å²) in [6, 6.07) is 9.95. The summed E-state index contributed by atoms with van der Waals surface area (Å²) in [5.74, 6) is 2.27. The molecular weight excluding hydrogens is 304 g/mol. The molecule has 0 bridgehead atoms. The van der Waals surface area contributed by atoms with Crippen LogP contribution in [0.15, 0.2) is 34.9 Å². The van der Waals surface area contributed by atoms with Crippen LogP contribution < -0.4 is 4.74 Å². The molecule has 2 aromatic rings. The fraction of sp³-hybridized carbons (Fsp3) is 0.474. The molecule has 3 rings (SSSR count). The first-order valence-electron chi connectivity index (χ1n) is 8.47. The molecule has 0 radical (unpaired) electrons. The highest BCUT2D eigenvalue weighted by molar-refractivity contribution is 5.78. The highest BCUT2D eigenvalue weighted by Crippen LogP contribution is 2.26. The lowest BCUT2D eigenvalue weighted by Crippen LogP contribution is -2.41. The number of para-hydroxylation sites is 1. The van der Waals surface area contributed by atoms with Gasteiger partial charge in [0.2, 0.25) is 5.91 Å². The molecule has 1 amide bonds. The van der Waals surface area contributed by atoms with E-state index in [9.17, 15) is 4.79 Å². The monoisotopic (exact) mass is 328 g/mol. The van der Waals surface area contributed by atoms with Gasteiger partial charge in [-0.25, -0.2) is 0 Å². The summed E-state index contributed by atoms with van der Waals surface area (Å²) in [6.45, 7) is 3.47. The van der Waals surface area contributed by atoms with Crippen molar-refractivity contribution in [2.24, 2.45) is 5.92 Å². The van der Waals surface area contributed by atoms with Gasteiger partial charge in [0.05, 0.1) is 19.2 Å². The Morgan fingerprint density at radius 3 is 3.00 bits per heavy atom. The van der Waals surface area contributed by atoms with Gasteiger partial charge in [-0.1, -0.05) is 23.4 Å². The van der Waals surface area contributed by atoms with Crippen LogP contribution >= 0.6 is 0 Å². The average Bonchev–Trinajstić information content (AvgIpc) is 3.00. The average molecular weight is 328 g/mol. The molecule has 0 saturated carbocycles. The first-order valence-corrected chi connectivity index (χ1v) is 8.47. The Morgan fingerprint density at radius 2 is 2.25 bits per heavy atom. The quantitative estimate of drug-likeness (QED) is 0.846. The van der Waals surface area contributed by atoms with Crippen LogP contribution in [-0.2, 0) is 17.6 Å². The van der Waals surface area contributed by atoms with Gasteiger partial charge >= 0.3 is 0 Å². The molecule has 5 nitrogen and oxygen atoms in total. The predicted molar refractivity (Wildman–Crippen MR) is 90.9 cm³/mol. The number of benzene rings is 1. The lowest BCUT2D eigenvalue weighted by atomic mass is 9.90. The molecule has 1 aliphatic heterocycles.